The Balaban J connectivity index is 0.967. The summed E-state index contributed by atoms with van der Waals surface area (Å²) in [4.78, 5) is 41.3. The number of allylic oxidation sites excluding steroid dienone is 1. The Morgan fingerprint density at radius 1 is 0.293 bits per heavy atom. The van der Waals surface area contributed by atoms with Gasteiger partial charge in [-0.05, 0) is 40.0 Å². The Kier molecular flexibility index (Phi) is 51.2. The van der Waals surface area contributed by atoms with Crippen LogP contribution in [-0.4, -0.2) is 475 Å². The lowest BCUT2D eigenvalue weighted by Gasteiger charge is -2.53. The van der Waals surface area contributed by atoms with E-state index in [1.807, 2.05) is 6.08 Å². The zero-order valence-electron chi connectivity index (χ0n) is 80.9. The van der Waals surface area contributed by atoms with Crippen LogP contribution in [0.25, 0.3) is 0 Å². The van der Waals surface area contributed by atoms with Gasteiger partial charge in [-0.1, -0.05) is 167 Å². The topological polar surface area (TPSA) is 739 Å². The number of rotatable bonds is 56. The Labute approximate surface area is 814 Å². The van der Waals surface area contributed by atoms with Crippen molar-refractivity contribution in [2.45, 2.75) is 504 Å². The molecule has 9 aliphatic rings. The Bertz CT molecular complexity index is 3510. The Morgan fingerprint density at radius 3 is 0.971 bits per heavy atom. The van der Waals surface area contributed by atoms with Crippen molar-refractivity contribution in [3.8, 4) is 0 Å². The molecule has 816 valence electrons. The van der Waals surface area contributed by atoms with E-state index in [4.69, 9.17) is 85.3 Å². The van der Waals surface area contributed by atoms with Gasteiger partial charge in [0.15, 0.2) is 56.6 Å². The maximum atomic E-state index is 13.9. The molecule has 0 aromatic rings. The Morgan fingerprint density at radius 2 is 0.586 bits per heavy atom. The Hall–Kier alpha value is -3.53. The van der Waals surface area contributed by atoms with Crippen LogP contribution in [0.15, 0.2) is 12.2 Å². The molecular formula is C92H163N3O45. The van der Waals surface area contributed by atoms with Gasteiger partial charge in [-0.2, -0.15) is 0 Å². The summed E-state index contributed by atoms with van der Waals surface area (Å²) in [7, 11) is 0. The van der Waals surface area contributed by atoms with Gasteiger partial charge in [0.25, 0.3) is 0 Å². The summed E-state index contributed by atoms with van der Waals surface area (Å²) in [5.41, 5.74) is 0. The fraction of sp³-hybridized carbons (Fsp3) is 0.946. The SMILES string of the molecule is CCCCCCCCCCCCC/C=C/[C@@H](O)[C@H](CO[C@@H]1OC(CO)[C@@H](O[C@@H]2OC(CO)[C@H](O)[C@H](O[C@@H]3OC(CO)[C@@H](O[C@H]4OC(C)[C@@H](O)C(O)[C@@H]4O)[C@H](O[C@@H]4OC(CO)[C@H](O)[C@H](O[C@@H]5OC(CO)[C@@H](O[C@@H]6OC(CO)[C@H](O)[C@H](O)C6O[C@H]6OC(C)[C@@H](O)C(O)[C@@H]6O)[C@H](O[C@H]6OC(C)[C@@H](O)C(O)[C@@H]6O)C5NC(C)=O)C4O)C3NC(C)=O)C2O)[C@H](O)C1O)NC(=O)CCCCCCCCCCCCCCC. The molecule has 0 aromatic heterocycles. The summed E-state index contributed by atoms with van der Waals surface area (Å²) < 4.78 is 111. The van der Waals surface area contributed by atoms with Crippen LogP contribution in [-0.2, 0) is 99.6 Å². The van der Waals surface area contributed by atoms with Gasteiger partial charge in [-0.3, -0.25) is 14.4 Å². The third-order valence-corrected chi connectivity index (χ3v) is 27.5. The van der Waals surface area contributed by atoms with Gasteiger partial charge in [-0.15, -0.1) is 0 Å². The number of hydrogen-bond acceptors (Lipinski definition) is 45. The van der Waals surface area contributed by atoms with Crippen molar-refractivity contribution >= 4 is 17.7 Å². The number of unbranched alkanes of at least 4 members (excludes halogenated alkanes) is 23. The third kappa shape index (κ3) is 32.5. The lowest BCUT2D eigenvalue weighted by Crippen LogP contribution is -2.72. The van der Waals surface area contributed by atoms with Crippen molar-refractivity contribution in [1.29, 1.82) is 0 Å². The molecule has 9 heterocycles. The number of hydrogen-bond donors (Lipinski definition) is 27. The van der Waals surface area contributed by atoms with Crippen LogP contribution in [0.1, 0.15) is 215 Å². The van der Waals surface area contributed by atoms with Crippen LogP contribution in [0, 0.1) is 0 Å². The van der Waals surface area contributed by atoms with Gasteiger partial charge < -0.3 is 224 Å². The first-order valence-corrected chi connectivity index (χ1v) is 50.1. The van der Waals surface area contributed by atoms with Gasteiger partial charge in [0.2, 0.25) is 17.7 Å². The molecule has 18 unspecified atom stereocenters. The molecule has 0 aliphatic carbocycles. The lowest BCUT2D eigenvalue weighted by atomic mass is 9.93. The molecule has 0 saturated carbocycles. The highest BCUT2D eigenvalue weighted by Crippen LogP contribution is 2.42. The first kappa shape index (κ1) is 120. The first-order chi connectivity index (χ1) is 66.9. The minimum Gasteiger partial charge on any atom is -0.394 e. The van der Waals surface area contributed by atoms with Gasteiger partial charge in [-0.25, -0.2) is 0 Å². The summed E-state index contributed by atoms with van der Waals surface area (Å²) in [5.74, 6) is -2.41. The first-order valence-electron chi connectivity index (χ1n) is 50.1. The number of amides is 3. The van der Waals surface area contributed by atoms with E-state index in [1.54, 1.807) is 6.08 Å². The molecule has 9 aliphatic heterocycles. The van der Waals surface area contributed by atoms with Crippen molar-refractivity contribution in [3.05, 3.63) is 12.2 Å². The summed E-state index contributed by atoms with van der Waals surface area (Å²) in [5, 5.41) is 282. The second-order valence-corrected chi connectivity index (χ2v) is 38.3. The second-order valence-electron chi connectivity index (χ2n) is 38.3. The minimum absolute atomic E-state index is 0.127. The highest BCUT2D eigenvalue weighted by molar-refractivity contribution is 5.76. The zero-order valence-corrected chi connectivity index (χ0v) is 80.9. The van der Waals surface area contributed by atoms with Crippen LogP contribution in [0.5, 0.6) is 0 Å². The standard InChI is InChI=1S/C92H163N3O45/c1-8-10-12-14-16-18-20-22-24-26-28-30-32-34-49(104)48(95-56(105)35-33-31-29-27-25-23-21-19-17-15-13-11-9-2)42-123-86-73(120)69(116)76(53(39-99)132-86)133-90-74(121)81(63(110)51(37-97)127-90)138-84-57(93-46(6)102)79(77(54(40-100)130-84)134-87-70(117)65(112)59(106)43(3)124-87)137-91-75(122)82(64(111)52(38-98)128-91)139-85-58(94-47(7)103)80(136-88-71(118)66(113)60(107)44(4)125-88)78(55(41-101)131-85)135-92-83(68(115)62(109)50(36-96)129-92)140-89-72(119)67(114)61(108)45(5)126-89/h32,34,43-45,48-55,57-92,96-101,104,106-122H,8-31,33,35-42H2,1-7H3,(H,93,102)(H,94,103)(H,95,105)/b34-32+/t43?,44?,45?,48-,49+,50?,51?,52?,53?,54?,55?,57?,58?,59+,60+,61+,62-,63-,64-,65?,66?,67?,68-,69+,70-,71-,72-,73?,74?,75?,76+,77+,78+,79+,80+,81-,82-,83?,84-,85-,86+,87+,88+,89+,90-,91-,92-/m0/s1. The van der Waals surface area contributed by atoms with Crippen LogP contribution >= 0.6 is 0 Å². The molecular weight excluding hydrogens is 1870 g/mol. The summed E-state index contributed by atoms with van der Waals surface area (Å²) in [6.07, 6.45) is -58.0. The van der Waals surface area contributed by atoms with Crippen LogP contribution in [0.4, 0.5) is 0 Å². The van der Waals surface area contributed by atoms with Gasteiger partial charge in [0.05, 0.1) is 76.7 Å². The van der Waals surface area contributed by atoms with Crippen molar-refractivity contribution in [2.75, 3.05) is 46.2 Å². The largest absolute Gasteiger partial charge is 0.394 e. The van der Waals surface area contributed by atoms with Gasteiger partial charge in [0.1, 0.15) is 201 Å². The van der Waals surface area contributed by atoms with Gasteiger partial charge >= 0.3 is 0 Å². The summed E-state index contributed by atoms with van der Waals surface area (Å²) in [6.45, 7) is 2.63. The predicted molar refractivity (Wildman–Crippen MR) is 478 cm³/mol. The molecule has 48 heteroatoms. The second kappa shape index (κ2) is 59.8. The summed E-state index contributed by atoms with van der Waals surface area (Å²) in [6, 6.07) is -5.29. The monoisotopic (exact) mass is 2030 g/mol. The fourth-order valence-corrected chi connectivity index (χ4v) is 19.0. The molecule has 140 heavy (non-hydrogen) atoms. The lowest BCUT2D eigenvalue weighted by molar-refractivity contribution is -0.404. The molecule has 9 rings (SSSR count). The molecule has 47 atom stereocenters. The van der Waals surface area contributed by atoms with Gasteiger partial charge in [0, 0.05) is 20.3 Å². The molecule has 48 nitrogen and oxygen atoms in total. The average Bonchev–Trinajstić information content (AvgIpc) is 0.754. The number of carbonyl (C=O) groups is 3. The molecule has 9 saturated heterocycles. The highest BCUT2D eigenvalue weighted by atomic mass is 16.8. The van der Waals surface area contributed by atoms with Crippen molar-refractivity contribution in [1.82, 2.24) is 16.0 Å². The summed E-state index contributed by atoms with van der Waals surface area (Å²) >= 11 is 0. The van der Waals surface area contributed by atoms with Crippen LogP contribution in [0.3, 0.4) is 0 Å². The van der Waals surface area contributed by atoms with E-state index in [9.17, 15) is 137 Å². The number of nitrogens with one attached hydrogen (secondary N) is 3. The maximum absolute atomic E-state index is 13.9. The highest BCUT2D eigenvalue weighted by Gasteiger charge is 2.62. The van der Waals surface area contributed by atoms with E-state index in [0.29, 0.717) is 12.8 Å². The quantitative estimate of drug-likeness (QED) is 0.0199. The smallest absolute Gasteiger partial charge is 0.220 e. The van der Waals surface area contributed by atoms with Crippen LogP contribution < -0.4 is 16.0 Å². The molecule has 0 bridgehead atoms. The molecule has 3 amide bonds. The molecule has 9 fully saturated rings. The predicted octanol–water partition coefficient (Wildman–Crippen LogP) is -6.65. The van der Waals surface area contributed by atoms with Crippen molar-refractivity contribution < 1.29 is 222 Å². The molecule has 0 radical (unpaired) electrons. The maximum Gasteiger partial charge on any atom is 0.220 e. The van der Waals surface area contributed by atoms with E-state index >= 15 is 0 Å². The zero-order chi connectivity index (χ0) is 102. The minimum atomic E-state index is -2.55. The number of carbonyl (C=O) groups excluding carboxylic acids is 3. The van der Waals surface area contributed by atoms with E-state index in [1.165, 1.54) is 104 Å². The van der Waals surface area contributed by atoms with E-state index in [-0.39, 0.29) is 12.3 Å². The molecule has 0 aromatic carbocycles. The van der Waals surface area contributed by atoms with Crippen LogP contribution in [0.2, 0.25) is 0 Å². The van der Waals surface area contributed by atoms with E-state index in [2.05, 4.69) is 29.8 Å². The molecule has 27 N–H and O–H groups in total. The molecule has 0 spiro atoms. The number of aliphatic hydroxyl groups excluding tert-OH is 24. The van der Waals surface area contributed by atoms with Crippen molar-refractivity contribution in [2.24, 2.45) is 0 Å². The third-order valence-electron chi connectivity index (χ3n) is 27.5. The number of ether oxygens (including phenoxy) is 18. The normalized spacial score (nSPS) is 42.1. The average molecular weight is 2030 g/mol. The number of aliphatic hydroxyl groups is 24. The van der Waals surface area contributed by atoms with E-state index in [0.717, 1.165) is 78.1 Å². The van der Waals surface area contributed by atoms with Crippen molar-refractivity contribution in [3.63, 3.8) is 0 Å². The van der Waals surface area contributed by atoms with E-state index < -0.39 is 346 Å². The fourth-order valence-electron chi connectivity index (χ4n) is 19.0.